The molecule has 0 unspecified atom stereocenters. The average Bonchev–Trinajstić information content (AvgIpc) is 2.55. The Hall–Kier alpha value is -2.12. The molecule has 2 atom stereocenters. The van der Waals surface area contributed by atoms with Crippen LogP contribution >= 0.6 is 0 Å². The van der Waals surface area contributed by atoms with Crippen molar-refractivity contribution in [2.75, 3.05) is 6.54 Å². The number of nitrogens with one attached hydrogen (secondary N) is 1. The smallest absolute Gasteiger partial charge is 0.395 e. The minimum Gasteiger partial charge on any atom is -0.462 e. The predicted octanol–water partition coefficient (Wildman–Crippen LogP) is 3.61. The molecular weight excluding hydrogens is 342 g/mol. The Morgan fingerprint density at radius 2 is 1.76 bits per heavy atom. The fraction of sp³-hybridized carbons (Fsp3) is 0.529. The molecule has 0 radical (unpaired) electrons. The number of benzene rings is 1. The lowest BCUT2D eigenvalue weighted by Crippen LogP contribution is -2.39. The van der Waals surface area contributed by atoms with Crippen molar-refractivity contribution in [1.82, 2.24) is 5.32 Å². The molecule has 2 rings (SSSR count). The van der Waals surface area contributed by atoms with Crippen LogP contribution in [0.15, 0.2) is 24.3 Å². The summed E-state index contributed by atoms with van der Waals surface area (Å²) in [6, 6.07) is 4.84. The van der Waals surface area contributed by atoms with Gasteiger partial charge in [0.15, 0.2) is 0 Å². The number of carbonyl (C=O) groups is 2. The van der Waals surface area contributed by atoms with Crippen LogP contribution in [0.2, 0.25) is 0 Å². The second-order valence-corrected chi connectivity index (χ2v) is 5.97. The van der Waals surface area contributed by atoms with Gasteiger partial charge in [0.05, 0.1) is 12.3 Å². The number of hydrogen-bond acceptors (Lipinski definition) is 3. The highest BCUT2D eigenvalue weighted by Gasteiger charge is 2.47. The molecule has 138 valence electrons. The molecule has 1 amide bonds. The van der Waals surface area contributed by atoms with Crippen molar-refractivity contribution in [2.24, 2.45) is 5.92 Å². The largest absolute Gasteiger partial charge is 0.462 e. The minimum absolute atomic E-state index is 0.0389. The zero-order valence-corrected chi connectivity index (χ0v) is 13.4. The minimum atomic E-state index is -4.39. The van der Waals surface area contributed by atoms with Gasteiger partial charge in [-0.25, -0.2) is 4.39 Å². The van der Waals surface area contributed by atoms with Crippen molar-refractivity contribution in [3.05, 3.63) is 35.6 Å². The molecule has 1 aliphatic rings. The summed E-state index contributed by atoms with van der Waals surface area (Å²) in [5, 5.41) is 2.44. The highest BCUT2D eigenvalue weighted by atomic mass is 19.4. The van der Waals surface area contributed by atoms with Gasteiger partial charge in [-0.2, -0.15) is 13.2 Å². The van der Waals surface area contributed by atoms with E-state index in [1.807, 2.05) is 0 Å². The van der Waals surface area contributed by atoms with Crippen LogP contribution < -0.4 is 5.32 Å². The zero-order chi connectivity index (χ0) is 18.4. The van der Waals surface area contributed by atoms with Crippen LogP contribution in [-0.4, -0.2) is 30.7 Å². The van der Waals surface area contributed by atoms with Crippen molar-refractivity contribution in [1.29, 1.82) is 0 Å². The summed E-state index contributed by atoms with van der Waals surface area (Å²) in [7, 11) is 0. The first kappa shape index (κ1) is 19.2. The molecule has 25 heavy (non-hydrogen) atoms. The number of hydrogen-bond donors (Lipinski definition) is 1. The lowest BCUT2D eigenvalue weighted by molar-refractivity contribution is -0.216. The average molecular weight is 361 g/mol. The maximum absolute atomic E-state index is 12.9. The van der Waals surface area contributed by atoms with E-state index in [2.05, 4.69) is 5.32 Å². The lowest BCUT2D eigenvalue weighted by Gasteiger charge is -2.32. The van der Waals surface area contributed by atoms with Crippen LogP contribution in [0.25, 0.3) is 0 Å². The van der Waals surface area contributed by atoms with E-state index in [9.17, 15) is 27.2 Å². The molecule has 0 aliphatic heterocycles. The quantitative estimate of drug-likeness (QED) is 0.644. The number of ether oxygens (including phenoxy) is 1. The monoisotopic (exact) mass is 361 g/mol. The first-order valence-electron chi connectivity index (χ1n) is 8.07. The van der Waals surface area contributed by atoms with Crippen LogP contribution in [0.1, 0.15) is 42.5 Å². The van der Waals surface area contributed by atoms with Gasteiger partial charge in [0.1, 0.15) is 11.9 Å². The van der Waals surface area contributed by atoms with Crippen molar-refractivity contribution in [3.63, 3.8) is 0 Å². The van der Waals surface area contributed by atoms with Gasteiger partial charge in [0, 0.05) is 12.1 Å². The molecular formula is C17H19F4NO3. The van der Waals surface area contributed by atoms with Gasteiger partial charge in [-0.3, -0.25) is 9.59 Å². The van der Waals surface area contributed by atoms with Crippen LogP contribution in [0.4, 0.5) is 17.6 Å². The lowest BCUT2D eigenvalue weighted by atomic mass is 9.86. The number of amides is 1. The van der Waals surface area contributed by atoms with Gasteiger partial charge in [-0.05, 0) is 43.5 Å². The Labute approximate surface area is 142 Å². The molecule has 0 aromatic heterocycles. The topological polar surface area (TPSA) is 55.4 Å². The van der Waals surface area contributed by atoms with Crippen LogP contribution in [0.5, 0.6) is 0 Å². The molecule has 0 saturated heterocycles. The fourth-order valence-corrected chi connectivity index (χ4v) is 2.82. The van der Waals surface area contributed by atoms with Gasteiger partial charge in [0.25, 0.3) is 5.91 Å². The second kappa shape index (κ2) is 8.31. The third kappa shape index (κ3) is 5.72. The van der Waals surface area contributed by atoms with Gasteiger partial charge in [-0.1, -0.05) is 6.42 Å². The second-order valence-electron chi connectivity index (χ2n) is 5.97. The summed E-state index contributed by atoms with van der Waals surface area (Å²) in [6.07, 6.45) is -4.57. The van der Waals surface area contributed by atoms with E-state index in [4.69, 9.17) is 4.74 Å². The summed E-state index contributed by atoms with van der Waals surface area (Å²) in [5.41, 5.74) is 0.221. The number of carbonyl (C=O) groups excluding carboxylic acids is 2. The molecule has 8 heteroatoms. The van der Waals surface area contributed by atoms with E-state index in [1.165, 1.54) is 12.1 Å². The molecule has 0 bridgehead atoms. The van der Waals surface area contributed by atoms with E-state index >= 15 is 0 Å². The summed E-state index contributed by atoms with van der Waals surface area (Å²) in [5.74, 6) is -3.38. The molecule has 0 heterocycles. The molecule has 1 saturated carbocycles. The van der Waals surface area contributed by atoms with E-state index < -0.39 is 35.9 Å². The first-order valence-corrected chi connectivity index (χ1v) is 8.07. The molecule has 1 fully saturated rings. The number of alkyl halides is 3. The number of rotatable bonds is 5. The molecule has 0 spiro atoms. The summed E-state index contributed by atoms with van der Waals surface area (Å²) >= 11 is 0. The van der Waals surface area contributed by atoms with E-state index in [0.29, 0.717) is 12.8 Å². The summed E-state index contributed by atoms with van der Waals surface area (Å²) in [6.45, 7) is -0.0710. The third-order valence-electron chi connectivity index (χ3n) is 4.13. The van der Waals surface area contributed by atoms with Crippen LogP contribution in [0.3, 0.4) is 0 Å². The molecule has 4 nitrogen and oxygen atoms in total. The van der Waals surface area contributed by atoms with Crippen molar-refractivity contribution < 1.29 is 31.9 Å². The predicted molar refractivity (Wildman–Crippen MR) is 81.2 cm³/mol. The van der Waals surface area contributed by atoms with Gasteiger partial charge >= 0.3 is 12.1 Å². The van der Waals surface area contributed by atoms with Crippen LogP contribution in [0, 0.1) is 11.7 Å². The Bertz CT molecular complexity index is 601. The SMILES string of the molecule is O=C(CCNC(=O)c1ccc(F)cc1)O[C@H]1CCCC[C@H]1C(F)(F)F. The number of esters is 1. The normalized spacial score (nSPS) is 20.8. The number of halogens is 4. The Morgan fingerprint density at radius 3 is 2.40 bits per heavy atom. The maximum atomic E-state index is 12.9. The van der Waals surface area contributed by atoms with Gasteiger partial charge in [0.2, 0.25) is 0 Å². The van der Waals surface area contributed by atoms with Crippen LogP contribution in [-0.2, 0) is 9.53 Å². The Kier molecular flexibility index (Phi) is 6.39. The molecule has 1 N–H and O–H groups in total. The standard InChI is InChI=1S/C17H19F4NO3/c18-12-7-5-11(6-8-12)16(24)22-10-9-15(23)25-14-4-2-1-3-13(14)17(19,20)21/h5-8,13-14H,1-4,9-10H2,(H,22,24)/t13-,14+/m1/s1. The maximum Gasteiger partial charge on any atom is 0.395 e. The van der Waals surface area contributed by atoms with Crippen molar-refractivity contribution in [3.8, 4) is 0 Å². The highest BCUT2D eigenvalue weighted by Crippen LogP contribution is 2.39. The van der Waals surface area contributed by atoms with Gasteiger partial charge in [-0.15, -0.1) is 0 Å². The van der Waals surface area contributed by atoms with Crippen molar-refractivity contribution >= 4 is 11.9 Å². The van der Waals surface area contributed by atoms with Crippen molar-refractivity contribution in [2.45, 2.75) is 44.4 Å². The third-order valence-corrected chi connectivity index (χ3v) is 4.13. The summed E-state index contributed by atoms with van der Waals surface area (Å²) in [4.78, 5) is 23.5. The fourth-order valence-electron chi connectivity index (χ4n) is 2.82. The Morgan fingerprint density at radius 1 is 1.12 bits per heavy atom. The first-order chi connectivity index (χ1) is 11.8. The van der Waals surface area contributed by atoms with Gasteiger partial charge < -0.3 is 10.1 Å². The highest BCUT2D eigenvalue weighted by molar-refractivity contribution is 5.94. The molecule has 1 aliphatic carbocycles. The molecule has 1 aromatic rings. The van der Waals surface area contributed by atoms with E-state index in [0.717, 1.165) is 12.1 Å². The zero-order valence-electron chi connectivity index (χ0n) is 13.4. The Balaban J connectivity index is 1.78. The van der Waals surface area contributed by atoms with E-state index in [1.54, 1.807) is 0 Å². The summed E-state index contributed by atoms with van der Waals surface area (Å²) < 4.78 is 56.6. The molecule has 1 aromatic carbocycles. The van der Waals surface area contributed by atoms with E-state index in [-0.39, 0.29) is 31.4 Å².